The molecular formula is C13H20N2O4. The molecular weight excluding hydrogens is 248 g/mol. The first-order chi connectivity index (χ1) is 8.79. The van der Waals surface area contributed by atoms with Gasteiger partial charge in [0.05, 0.1) is 30.1 Å². The van der Waals surface area contributed by atoms with Crippen molar-refractivity contribution >= 4 is 0 Å². The minimum absolute atomic E-state index is 0.0281. The van der Waals surface area contributed by atoms with E-state index in [1.54, 1.807) is 6.07 Å². The van der Waals surface area contributed by atoms with Crippen LogP contribution in [0.2, 0.25) is 0 Å². The van der Waals surface area contributed by atoms with E-state index in [9.17, 15) is 15.1 Å². The SMILES string of the molecule is CC(C)(C)N(C[C@H](O)c1ccc(O)c(CO)c1)N=O. The van der Waals surface area contributed by atoms with Gasteiger partial charge in [-0.05, 0) is 38.5 Å². The van der Waals surface area contributed by atoms with E-state index >= 15 is 0 Å². The van der Waals surface area contributed by atoms with Crippen LogP contribution in [0.4, 0.5) is 0 Å². The molecule has 0 amide bonds. The Hall–Kier alpha value is -1.66. The van der Waals surface area contributed by atoms with Gasteiger partial charge in [-0.3, -0.25) is 5.01 Å². The summed E-state index contributed by atoms with van der Waals surface area (Å²) in [6.07, 6.45) is -0.928. The van der Waals surface area contributed by atoms with Crippen LogP contribution in [0, 0.1) is 4.91 Å². The number of aromatic hydroxyl groups is 1. The van der Waals surface area contributed by atoms with Crippen LogP contribution in [0.5, 0.6) is 5.75 Å². The van der Waals surface area contributed by atoms with E-state index in [1.165, 1.54) is 17.1 Å². The molecule has 0 bridgehead atoms. The summed E-state index contributed by atoms with van der Waals surface area (Å²) in [6.45, 7) is 5.18. The zero-order valence-electron chi connectivity index (χ0n) is 11.4. The molecule has 19 heavy (non-hydrogen) atoms. The molecule has 0 saturated carbocycles. The molecule has 0 fully saturated rings. The number of aliphatic hydroxyl groups excluding tert-OH is 2. The zero-order chi connectivity index (χ0) is 14.6. The second kappa shape index (κ2) is 5.99. The number of hydrogen-bond donors (Lipinski definition) is 3. The topological polar surface area (TPSA) is 93.4 Å². The van der Waals surface area contributed by atoms with Crippen molar-refractivity contribution in [3.8, 4) is 5.75 Å². The van der Waals surface area contributed by atoms with Gasteiger partial charge in [0.25, 0.3) is 0 Å². The van der Waals surface area contributed by atoms with Crippen molar-refractivity contribution in [1.29, 1.82) is 0 Å². The van der Waals surface area contributed by atoms with Crippen molar-refractivity contribution in [1.82, 2.24) is 5.01 Å². The Morgan fingerprint density at radius 2 is 2.00 bits per heavy atom. The van der Waals surface area contributed by atoms with Crippen LogP contribution in [0.25, 0.3) is 0 Å². The van der Waals surface area contributed by atoms with E-state index in [0.29, 0.717) is 11.1 Å². The van der Waals surface area contributed by atoms with Gasteiger partial charge < -0.3 is 15.3 Å². The van der Waals surface area contributed by atoms with E-state index in [0.717, 1.165) is 0 Å². The van der Waals surface area contributed by atoms with E-state index in [1.807, 2.05) is 20.8 Å². The highest BCUT2D eigenvalue weighted by atomic mass is 16.3. The lowest BCUT2D eigenvalue weighted by Gasteiger charge is -2.31. The molecule has 1 aromatic carbocycles. The lowest BCUT2D eigenvalue weighted by atomic mass is 10.0. The fourth-order valence-electron chi connectivity index (χ4n) is 1.64. The molecule has 6 nitrogen and oxygen atoms in total. The molecule has 0 unspecified atom stereocenters. The summed E-state index contributed by atoms with van der Waals surface area (Å²) in [7, 11) is 0. The van der Waals surface area contributed by atoms with Gasteiger partial charge in [-0.2, -0.15) is 0 Å². The van der Waals surface area contributed by atoms with Crippen molar-refractivity contribution < 1.29 is 15.3 Å². The standard InChI is InChI=1S/C13H20N2O4/c1-13(2,3)15(14-19)7-12(18)9-4-5-11(17)10(6-9)8-16/h4-6,12,16-18H,7-8H2,1-3H3/t12-/m0/s1. The van der Waals surface area contributed by atoms with Gasteiger partial charge in [-0.1, -0.05) is 6.07 Å². The predicted molar refractivity (Wildman–Crippen MR) is 71.2 cm³/mol. The molecule has 1 atom stereocenters. The van der Waals surface area contributed by atoms with Crippen molar-refractivity contribution in [3.05, 3.63) is 34.2 Å². The first-order valence-electron chi connectivity index (χ1n) is 6.01. The monoisotopic (exact) mass is 268 g/mol. The highest BCUT2D eigenvalue weighted by Crippen LogP contribution is 2.25. The Balaban J connectivity index is 2.88. The second-order valence-electron chi connectivity index (χ2n) is 5.40. The summed E-state index contributed by atoms with van der Waals surface area (Å²) in [5.74, 6) is -0.0281. The summed E-state index contributed by atoms with van der Waals surface area (Å²) in [6, 6.07) is 4.45. The fraction of sp³-hybridized carbons (Fsp3) is 0.538. The second-order valence-corrected chi connectivity index (χ2v) is 5.40. The largest absolute Gasteiger partial charge is 0.508 e. The third-order valence-electron chi connectivity index (χ3n) is 2.88. The summed E-state index contributed by atoms with van der Waals surface area (Å²) < 4.78 is 0. The molecule has 0 aliphatic carbocycles. The summed E-state index contributed by atoms with van der Waals surface area (Å²) in [5.41, 5.74) is 0.358. The average Bonchev–Trinajstić information content (AvgIpc) is 2.34. The van der Waals surface area contributed by atoms with Crippen molar-refractivity contribution in [2.45, 2.75) is 39.0 Å². The van der Waals surface area contributed by atoms with Crippen molar-refractivity contribution in [2.24, 2.45) is 5.29 Å². The van der Waals surface area contributed by atoms with Crippen LogP contribution in [0.15, 0.2) is 23.5 Å². The maximum atomic E-state index is 10.8. The van der Waals surface area contributed by atoms with Crippen molar-refractivity contribution in [2.75, 3.05) is 6.54 Å². The van der Waals surface area contributed by atoms with Crippen LogP contribution in [-0.2, 0) is 6.61 Å². The lowest BCUT2D eigenvalue weighted by molar-refractivity contribution is 0.0590. The smallest absolute Gasteiger partial charge is 0.121 e. The van der Waals surface area contributed by atoms with E-state index < -0.39 is 11.6 Å². The number of benzene rings is 1. The average molecular weight is 268 g/mol. The molecule has 0 spiro atoms. The third-order valence-corrected chi connectivity index (χ3v) is 2.88. The fourth-order valence-corrected chi connectivity index (χ4v) is 1.64. The van der Waals surface area contributed by atoms with Gasteiger partial charge in [-0.15, -0.1) is 4.91 Å². The van der Waals surface area contributed by atoms with Gasteiger partial charge in [0, 0.05) is 5.56 Å². The van der Waals surface area contributed by atoms with Gasteiger partial charge in [-0.25, -0.2) is 0 Å². The Morgan fingerprint density at radius 3 is 2.47 bits per heavy atom. The van der Waals surface area contributed by atoms with E-state index in [2.05, 4.69) is 5.29 Å². The molecule has 0 saturated heterocycles. The summed E-state index contributed by atoms with van der Waals surface area (Å²) in [4.78, 5) is 10.8. The normalized spacial score (nSPS) is 13.1. The minimum atomic E-state index is -0.928. The third kappa shape index (κ3) is 3.90. The number of rotatable bonds is 5. The Morgan fingerprint density at radius 1 is 1.37 bits per heavy atom. The van der Waals surface area contributed by atoms with Crippen LogP contribution in [0.1, 0.15) is 38.0 Å². The van der Waals surface area contributed by atoms with Crippen LogP contribution in [-0.4, -0.2) is 32.4 Å². The van der Waals surface area contributed by atoms with Crippen LogP contribution >= 0.6 is 0 Å². The zero-order valence-corrected chi connectivity index (χ0v) is 11.4. The maximum Gasteiger partial charge on any atom is 0.121 e. The van der Waals surface area contributed by atoms with Crippen LogP contribution in [0.3, 0.4) is 0 Å². The molecule has 0 heterocycles. The molecule has 1 aromatic rings. The molecule has 1 rings (SSSR count). The van der Waals surface area contributed by atoms with Gasteiger partial charge in [0.2, 0.25) is 0 Å². The first kappa shape index (κ1) is 15.4. The highest BCUT2D eigenvalue weighted by molar-refractivity contribution is 5.36. The highest BCUT2D eigenvalue weighted by Gasteiger charge is 2.24. The number of nitrogens with zero attached hydrogens (tertiary/aromatic N) is 2. The quantitative estimate of drug-likeness (QED) is 0.558. The molecule has 3 N–H and O–H groups in total. The van der Waals surface area contributed by atoms with Crippen molar-refractivity contribution in [3.63, 3.8) is 0 Å². The number of hydrogen-bond acceptors (Lipinski definition) is 5. The number of β-amino-alcohol motifs (C(OH)–C–C–N with tert-alkyl or cyclic N) is 1. The molecule has 0 aromatic heterocycles. The van der Waals surface area contributed by atoms with E-state index in [4.69, 9.17) is 5.11 Å². The number of phenols is 1. The number of aliphatic hydroxyl groups is 2. The maximum absolute atomic E-state index is 10.8. The van der Waals surface area contributed by atoms with Gasteiger partial charge in [0.15, 0.2) is 0 Å². The first-order valence-corrected chi connectivity index (χ1v) is 6.01. The number of nitroso groups, excluding NO2 is 1. The predicted octanol–water partition coefficient (Wildman–Crippen LogP) is 1.70. The minimum Gasteiger partial charge on any atom is -0.508 e. The molecule has 0 radical (unpaired) electrons. The summed E-state index contributed by atoms with van der Waals surface area (Å²) in [5, 5.41) is 32.8. The molecule has 0 aliphatic heterocycles. The molecule has 106 valence electrons. The molecule has 0 aliphatic rings. The Kier molecular flexibility index (Phi) is 4.85. The Labute approximate surface area is 112 Å². The van der Waals surface area contributed by atoms with Gasteiger partial charge in [0.1, 0.15) is 5.75 Å². The molecule has 6 heteroatoms. The van der Waals surface area contributed by atoms with Gasteiger partial charge >= 0.3 is 0 Å². The Bertz CT molecular complexity index is 443. The van der Waals surface area contributed by atoms with Crippen LogP contribution < -0.4 is 0 Å². The lowest BCUT2D eigenvalue weighted by Crippen LogP contribution is -2.39. The summed E-state index contributed by atoms with van der Waals surface area (Å²) >= 11 is 0. The van der Waals surface area contributed by atoms with E-state index in [-0.39, 0.29) is 18.9 Å².